The summed E-state index contributed by atoms with van der Waals surface area (Å²) in [5, 5.41) is 4.73. The van der Waals surface area contributed by atoms with Gasteiger partial charge in [0.15, 0.2) is 5.75 Å². The number of methoxy groups -OCH3 is 2. The number of hydrogen-bond donors (Lipinski definition) is 0. The van der Waals surface area contributed by atoms with Crippen LogP contribution in [0.25, 0.3) is 5.57 Å². The molecule has 0 saturated heterocycles. The van der Waals surface area contributed by atoms with Gasteiger partial charge in [0.05, 0.1) is 31.1 Å². The van der Waals surface area contributed by atoms with E-state index in [9.17, 15) is 9.59 Å². The van der Waals surface area contributed by atoms with Crippen LogP contribution < -0.4 is 4.74 Å². The molecule has 138 valence electrons. The van der Waals surface area contributed by atoms with Gasteiger partial charge < -0.3 is 14.2 Å². The summed E-state index contributed by atoms with van der Waals surface area (Å²) in [6.07, 6.45) is 1.19. The first-order valence-corrected chi connectivity index (χ1v) is 8.08. The number of halogens is 2. The van der Waals surface area contributed by atoms with Gasteiger partial charge in [-0.1, -0.05) is 23.2 Å². The van der Waals surface area contributed by atoms with E-state index in [1.165, 1.54) is 43.4 Å². The molecule has 2 aromatic rings. The van der Waals surface area contributed by atoms with E-state index >= 15 is 0 Å². The highest BCUT2D eigenvalue weighted by molar-refractivity contribution is 6.36. The Kier molecular flexibility index (Phi) is 6.28. The topological polar surface area (TPSA) is 79.7 Å². The van der Waals surface area contributed by atoms with Gasteiger partial charge in [-0.15, -0.1) is 0 Å². The molecule has 0 aliphatic heterocycles. The number of carbonyl (C=O) groups is 2. The van der Waals surface area contributed by atoms with Crippen molar-refractivity contribution in [3.8, 4) is 5.75 Å². The molecular formula is C17H16Cl2N2O5. The van der Waals surface area contributed by atoms with Crippen LogP contribution in [0.4, 0.5) is 0 Å². The minimum Gasteiger partial charge on any atom is -0.503 e. The van der Waals surface area contributed by atoms with Crippen molar-refractivity contribution in [1.82, 2.24) is 9.78 Å². The number of rotatable bonds is 5. The standard InChI is InChI=1S/C17H16Cl2N2O5/c1-9-15(26-17(23)11-6-5-10(18)7-13(11)19)14(21(2)20-9)12(8-24-3)16(22)25-4/h5-8H,1-4H3/b12-8+. The summed E-state index contributed by atoms with van der Waals surface area (Å²) in [5.74, 6) is -1.29. The quantitative estimate of drug-likeness (QED) is 0.436. The summed E-state index contributed by atoms with van der Waals surface area (Å²) in [6, 6.07) is 4.40. The van der Waals surface area contributed by atoms with Gasteiger partial charge in [0.25, 0.3) is 0 Å². The summed E-state index contributed by atoms with van der Waals surface area (Å²) in [5.41, 5.74) is 0.796. The third-order valence-electron chi connectivity index (χ3n) is 3.41. The maximum Gasteiger partial charge on any atom is 0.345 e. The lowest BCUT2D eigenvalue weighted by atomic mass is 10.1. The molecule has 0 radical (unpaired) electrons. The lowest BCUT2D eigenvalue weighted by Gasteiger charge is -2.10. The fourth-order valence-electron chi connectivity index (χ4n) is 2.29. The van der Waals surface area contributed by atoms with Crippen molar-refractivity contribution in [1.29, 1.82) is 0 Å². The zero-order valence-electron chi connectivity index (χ0n) is 14.5. The van der Waals surface area contributed by atoms with Crippen molar-refractivity contribution in [2.45, 2.75) is 6.92 Å². The number of hydrogen-bond acceptors (Lipinski definition) is 6. The van der Waals surface area contributed by atoms with Crippen LogP contribution in [-0.2, 0) is 21.3 Å². The van der Waals surface area contributed by atoms with E-state index in [2.05, 4.69) is 5.10 Å². The molecule has 0 unspecified atom stereocenters. The highest BCUT2D eigenvalue weighted by Gasteiger charge is 2.27. The minimum atomic E-state index is -0.717. The van der Waals surface area contributed by atoms with Crippen molar-refractivity contribution < 1.29 is 23.8 Å². The van der Waals surface area contributed by atoms with E-state index in [1.807, 2.05) is 0 Å². The Morgan fingerprint density at radius 2 is 1.92 bits per heavy atom. The molecule has 1 aromatic carbocycles. The molecule has 2 rings (SSSR count). The Balaban J connectivity index is 2.49. The van der Waals surface area contributed by atoms with Crippen LogP contribution in [0.5, 0.6) is 5.75 Å². The van der Waals surface area contributed by atoms with Crippen molar-refractivity contribution in [2.75, 3.05) is 14.2 Å². The first-order chi connectivity index (χ1) is 12.3. The molecule has 0 amide bonds. The van der Waals surface area contributed by atoms with Gasteiger partial charge in [0, 0.05) is 12.1 Å². The van der Waals surface area contributed by atoms with Gasteiger partial charge in [0.1, 0.15) is 17.0 Å². The lowest BCUT2D eigenvalue weighted by Crippen LogP contribution is -2.13. The number of esters is 2. The van der Waals surface area contributed by atoms with Crippen LogP contribution in [0, 0.1) is 6.92 Å². The lowest BCUT2D eigenvalue weighted by molar-refractivity contribution is -0.133. The zero-order valence-corrected chi connectivity index (χ0v) is 16.0. The van der Waals surface area contributed by atoms with Gasteiger partial charge in [-0.2, -0.15) is 5.10 Å². The Bertz CT molecular complexity index is 890. The third kappa shape index (κ3) is 4.00. The average Bonchev–Trinajstić information content (AvgIpc) is 2.85. The van der Waals surface area contributed by atoms with Crippen molar-refractivity contribution in [2.24, 2.45) is 7.05 Å². The highest BCUT2D eigenvalue weighted by atomic mass is 35.5. The number of aromatic nitrogens is 2. The molecule has 26 heavy (non-hydrogen) atoms. The summed E-state index contributed by atoms with van der Waals surface area (Å²) in [6.45, 7) is 1.64. The van der Waals surface area contributed by atoms with Crippen LogP contribution in [-0.4, -0.2) is 35.9 Å². The minimum absolute atomic E-state index is 0.0445. The molecule has 0 N–H and O–H groups in total. The van der Waals surface area contributed by atoms with Crippen LogP contribution >= 0.6 is 23.2 Å². The Morgan fingerprint density at radius 3 is 2.50 bits per heavy atom. The molecule has 0 atom stereocenters. The van der Waals surface area contributed by atoms with Gasteiger partial charge in [-0.25, -0.2) is 9.59 Å². The van der Waals surface area contributed by atoms with E-state index in [4.69, 9.17) is 37.4 Å². The number of nitrogens with zero attached hydrogens (tertiary/aromatic N) is 2. The van der Waals surface area contributed by atoms with E-state index in [0.717, 1.165) is 0 Å². The predicted octanol–water partition coefficient (Wildman–Crippen LogP) is 3.41. The van der Waals surface area contributed by atoms with E-state index in [-0.39, 0.29) is 27.6 Å². The normalized spacial score (nSPS) is 11.2. The molecule has 0 spiro atoms. The summed E-state index contributed by atoms with van der Waals surface area (Å²) in [7, 11) is 4.21. The number of carbonyl (C=O) groups excluding carboxylic acids is 2. The second kappa shape index (κ2) is 8.25. The van der Waals surface area contributed by atoms with Crippen LogP contribution in [0.15, 0.2) is 24.5 Å². The van der Waals surface area contributed by atoms with Gasteiger partial charge in [-0.3, -0.25) is 4.68 Å². The molecule has 1 heterocycles. The fraction of sp³-hybridized carbons (Fsp3) is 0.235. The summed E-state index contributed by atoms with van der Waals surface area (Å²) >= 11 is 11.9. The van der Waals surface area contributed by atoms with Crippen LogP contribution in [0.2, 0.25) is 10.0 Å². The number of aryl methyl sites for hydroxylation is 2. The number of ether oxygens (including phenoxy) is 3. The zero-order chi connectivity index (χ0) is 19.4. The van der Waals surface area contributed by atoms with Gasteiger partial charge in [-0.05, 0) is 25.1 Å². The molecule has 0 aliphatic carbocycles. The molecule has 1 aromatic heterocycles. The Morgan fingerprint density at radius 1 is 1.23 bits per heavy atom. The van der Waals surface area contributed by atoms with E-state index in [1.54, 1.807) is 14.0 Å². The van der Waals surface area contributed by atoms with Crippen molar-refractivity contribution >= 4 is 40.7 Å². The smallest absolute Gasteiger partial charge is 0.345 e. The Labute approximate surface area is 160 Å². The summed E-state index contributed by atoms with van der Waals surface area (Å²) < 4.78 is 16.6. The van der Waals surface area contributed by atoms with E-state index in [0.29, 0.717) is 10.7 Å². The molecule has 0 aliphatic rings. The fourth-order valence-corrected chi connectivity index (χ4v) is 2.77. The van der Waals surface area contributed by atoms with Gasteiger partial charge in [0.2, 0.25) is 0 Å². The molecule has 7 nitrogen and oxygen atoms in total. The van der Waals surface area contributed by atoms with Gasteiger partial charge >= 0.3 is 11.9 Å². The first-order valence-electron chi connectivity index (χ1n) is 7.32. The third-order valence-corrected chi connectivity index (χ3v) is 3.96. The van der Waals surface area contributed by atoms with E-state index < -0.39 is 11.9 Å². The number of benzene rings is 1. The molecule has 0 fully saturated rings. The summed E-state index contributed by atoms with van der Waals surface area (Å²) in [4.78, 5) is 24.6. The predicted molar refractivity (Wildman–Crippen MR) is 96.4 cm³/mol. The first kappa shape index (κ1) is 19.8. The maximum atomic E-state index is 12.5. The van der Waals surface area contributed by atoms with Crippen molar-refractivity contribution in [3.05, 3.63) is 51.5 Å². The second-order valence-electron chi connectivity index (χ2n) is 5.16. The SMILES string of the molecule is CO/C=C(/C(=O)OC)c1c(OC(=O)c2ccc(Cl)cc2Cl)c(C)nn1C. The molecule has 0 bridgehead atoms. The average molecular weight is 399 g/mol. The molecular weight excluding hydrogens is 383 g/mol. The van der Waals surface area contributed by atoms with Crippen LogP contribution in [0.3, 0.4) is 0 Å². The highest BCUT2D eigenvalue weighted by Crippen LogP contribution is 2.31. The second-order valence-corrected chi connectivity index (χ2v) is 6.00. The Hall–Kier alpha value is -2.51. The molecule has 0 saturated carbocycles. The van der Waals surface area contributed by atoms with Crippen molar-refractivity contribution in [3.63, 3.8) is 0 Å². The monoisotopic (exact) mass is 398 g/mol. The molecule has 9 heteroatoms. The largest absolute Gasteiger partial charge is 0.503 e. The maximum absolute atomic E-state index is 12.5. The van der Waals surface area contributed by atoms with Crippen LogP contribution in [0.1, 0.15) is 21.7 Å².